The molecule has 94 valence electrons. The number of hydrogen-bond acceptors (Lipinski definition) is 3. The highest BCUT2D eigenvalue weighted by atomic mass is 35.5. The van der Waals surface area contributed by atoms with Crippen LogP contribution in [0, 0.1) is 12.7 Å². The number of halogens is 2. The van der Waals surface area contributed by atoms with E-state index in [9.17, 15) is 4.39 Å². The number of rotatable bonds is 2. The summed E-state index contributed by atoms with van der Waals surface area (Å²) in [6, 6.07) is 4.37. The molecule has 0 bridgehead atoms. The third-order valence-electron chi connectivity index (χ3n) is 2.61. The SMILES string of the molecule is Cc1cc(Cl)c(-c2ccnc(C(C)N)n2)cc1F. The molecule has 0 saturated heterocycles. The molecule has 18 heavy (non-hydrogen) atoms. The Kier molecular flexibility index (Phi) is 3.59. The summed E-state index contributed by atoms with van der Waals surface area (Å²) in [5.41, 5.74) is 7.34. The van der Waals surface area contributed by atoms with Crippen molar-refractivity contribution >= 4 is 11.6 Å². The van der Waals surface area contributed by atoms with Crippen LogP contribution >= 0.6 is 11.6 Å². The molecule has 2 aromatic rings. The Morgan fingerprint density at radius 2 is 2.11 bits per heavy atom. The third kappa shape index (κ3) is 2.49. The molecule has 1 aromatic carbocycles. The minimum absolute atomic E-state index is 0.279. The molecule has 0 saturated carbocycles. The topological polar surface area (TPSA) is 51.8 Å². The van der Waals surface area contributed by atoms with E-state index >= 15 is 0 Å². The normalized spacial score (nSPS) is 12.5. The van der Waals surface area contributed by atoms with Gasteiger partial charge in [-0.05, 0) is 37.6 Å². The molecule has 0 aliphatic heterocycles. The van der Waals surface area contributed by atoms with Gasteiger partial charge in [0.15, 0.2) is 0 Å². The summed E-state index contributed by atoms with van der Waals surface area (Å²) < 4.78 is 13.6. The minimum atomic E-state index is -0.310. The van der Waals surface area contributed by atoms with Crippen molar-refractivity contribution < 1.29 is 4.39 Å². The van der Waals surface area contributed by atoms with E-state index in [1.165, 1.54) is 6.07 Å². The number of aromatic nitrogens is 2. The fraction of sp³-hybridized carbons (Fsp3) is 0.231. The molecule has 1 aromatic heterocycles. The van der Waals surface area contributed by atoms with Crippen molar-refractivity contribution in [3.05, 3.63) is 46.6 Å². The summed E-state index contributed by atoms with van der Waals surface area (Å²) in [5.74, 6) is 0.194. The van der Waals surface area contributed by atoms with Gasteiger partial charge in [-0.3, -0.25) is 0 Å². The standard InChI is InChI=1S/C13H13ClFN3/c1-7-5-10(14)9(6-11(7)15)12-3-4-17-13(18-12)8(2)16/h3-6,8H,16H2,1-2H3. The Bertz CT molecular complexity index is 584. The summed E-state index contributed by atoms with van der Waals surface area (Å²) in [5, 5.41) is 0.461. The zero-order valence-electron chi connectivity index (χ0n) is 10.1. The Morgan fingerprint density at radius 3 is 2.78 bits per heavy atom. The molecular formula is C13H13ClFN3. The zero-order chi connectivity index (χ0) is 13.3. The number of hydrogen-bond donors (Lipinski definition) is 1. The number of benzene rings is 1. The fourth-order valence-electron chi connectivity index (χ4n) is 1.59. The van der Waals surface area contributed by atoms with Gasteiger partial charge >= 0.3 is 0 Å². The maximum atomic E-state index is 13.6. The smallest absolute Gasteiger partial charge is 0.145 e. The van der Waals surface area contributed by atoms with Gasteiger partial charge in [0.2, 0.25) is 0 Å². The maximum absolute atomic E-state index is 13.6. The van der Waals surface area contributed by atoms with Gasteiger partial charge < -0.3 is 5.73 Å². The maximum Gasteiger partial charge on any atom is 0.145 e. The van der Waals surface area contributed by atoms with Crippen LogP contribution in [-0.4, -0.2) is 9.97 Å². The summed E-state index contributed by atoms with van der Waals surface area (Å²) in [6.07, 6.45) is 1.59. The molecule has 0 aliphatic rings. The number of nitrogens with two attached hydrogens (primary N) is 1. The van der Waals surface area contributed by atoms with Gasteiger partial charge in [0.1, 0.15) is 11.6 Å². The second-order valence-corrected chi connectivity index (χ2v) is 4.58. The summed E-state index contributed by atoms with van der Waals surface area (Å²) in [7, 11) is 0. The van der Waals surface area contributed by atoms with Crippen molar-refractivity contribution in [2.24, 2.45) is 5.73 Å². The summed E-state index contributed by atoms with van der Waals surface area (Å²) in [6.45, 7) is 3.45. The van der Waals surface area contributed by atoms with Gasteiger partial charge in [0.25, 0.3) is 0 Å². The average molecular weight is 266 g/mol. The van der Waals surface area contributed by atoms with E-state index in [-0.39, 0.29) is 11.9 Å². The first-order chi connectivity index (χ1) is 8.49. The van der Waals surface area contributed by atoms with Crippen LogP contribution in [0.25, 0.3) is 11.3 Å². The van der Waals surface area contributed by atoms with E-state index in [0.29, 0.717) is 27.7 Å². The molecule has 0 spiro atoms. The highest BCUT2D eigenvalue weighted by molar-refractivity contribution is 6.33. The van der Waals surface area contributed by atoms with Crippen LogP contribution in [0.4, 0.5) is 4.39 Å². The molecule has 0 amide bonds. The Balaban J connectivity index is 2.55. The highest BCUT2D eigenvalue weighted by Crippen LogP contribution is 2.29. The van der Waals surface area contributed by atoms with E-state index in [1.54, 1.807) is 32.2 Å². The monoisotopic (exact) mass is 265 g/mol. The van der Waals surface area contributed by atoms with Crippen molar-refractivity contribution in [3.63, 3.8) is 0 Å². The lowest BCUT2D eigenvalue weighted by Crippen LogP contribution is -2.10. The summed E-state index contributed by atoms with van der Waals surface area (Å²) in [4.78, 5) is 8.35. The molecule has 3 nitrogen and oxygen atoms in total. The van der Waals surface area contributed by atoms with Gasteiger partial charge in [-0.25, -0.2) is 14.4 Å². The van der Waals surface area contributed by atoms with Crippen LogP contribution in [0.3, 0.4) is 0 Å². The van der Waals surface area contributed by atoms with E-state index < -0.39 is 0 Å². The summed E-state index contributed by atoms with van der Waals surface area (Å²) >= 11 is 6.11. The molecule has 1 atom stereocenters. The molecule has 5 heteroatoms. The van der Waals surface area contributed by atoms with E-state index in [4.69, 9.17) is 17.3 Å². The average Bonchev–Trinajstić information content (AvgIpc) is 2.34. The van der Waals surface area contributed by atoms with Gasteiger partial charge in [-0.1, -0.05) is 11.6 Å². The molecule has 1 unspecified atom stereocenters. The first-order valence-corrected chi connectivity index (χ1v) is 5.91. The van der Waals surface area contributed by atoms with Crippen LogP contribution in [0.1, 0.15) is 24.4 Å². The second-order valence-electron chi connectivity index (χ2n) is 4.17. The Labute approximate surface area is 110 Å². The molecule has 0 fully saturated rings. The largest absolute Gasteiger partial charge is 0.322 e. The minimum Gasteiger partial charge on any atom is -0.322 e. The predicted octanol–water partition coefficient (Wildman–Crippen LogP) is 3.26. The van der Waals surface area contributed by atoms with Crippen molar-refractivity contribution in [1.82, 2.24) is 9.97 Å². The first kappa shape index (κ1) is 12.9. The van der Waals surface area contributed by atoms with Crippen molar-refractivity contribution in [2.45, 2.75) is 19.9 Å². The lowest BCUT2D eigenvalue weighted by atomic mass is 10.1. The quantitative estimate of drug-likeness (QED) is 0.907. The van der Waals surface area contributed by atoms with Crippen LogP contribution in [0.15, 0.2) is 24.4 Å². The lowest BCUT2D eigenvalue weighted by Gasteiger charge is -2.09. The molecular weight excluding hydrogens is 253 g/mol. The van der Waals surface area contributed by atoms with E-state index in [2.05, 4.69) is 9.97 Å². The van der Waals surface area contributed by atoms with Gasteiger partial charge in [-0.2, -0.15) is 0 Å². The first-order valence-electron chi connectivity index (χ1n) is 5.53. The van der Waals surface area contributed by atoms with Crippen LogP contribution in [0.2, 0.25) is 5.02 Å². The lowest BCUT2D eigenvalue weighted by molar-refractivity contribution is 0.619. The Hall–Kier alpha value is -1.52. The number of nitrogens with zero attached hydrogens (tertiary/aromatic N) is 2. The van der Waals surface area contributed by atoms with Crippen molar-refractivity contribution in [3.8, 4) is 11.3 Å². The third-order valence-corrected chi connectivity index (χ3v) is 2.92. The predicted molar refractivity (Wildman–Crippen MR) is 69.8 cm³/mol. The zero-order valence-corrected chi connectivity index (χ0v) is 10.9. The molecule has 2 N–H and O–H groups in total. The van der Waals surface area contributed by atoms with E-state index in [1.807, 2.05) is 0 Å². The number of aryl methyl sites for hydroxylation is 1. The van der Waals surface area contributed by atoms with Crippen molar-refractivity contribution in [2.75, 3.05) is 0 Å². The molecule has 0 radical (unpaired) electrons. The Morgan fingerprint density at radius 1 is 1.39 bits per heavy atom. The molecule has 1 heterocycles. The van der Waals surface area contributed by atoms with Gasteiger partial charge in [0, 0.05) is 11.8 Å². The van der Waals surface area contributed by atoms with Crippen molar-refractivity contribution in [1.29, 1.82) is 0 Å². The highest BCUT2D eigenvalue weighted by Gasteiger charge is 2.11. The van der Waals surface area contributed by atoms with Gasteiger partial charge in [0.05, 0.1) is 16.8 Å². The van der Waals surface area contributed by atoms with Crippen LogP contribution in [-0.2, 0) is 0 Å². The second kappa shape index (κ2) is 5.00. The van der Waals surface area contributed by atoms with Crippen LogP contribution < -0.4 is 5.73 Å². The molecule has 0 aliphatic carbocycles. The van der Waals surface area contributed by atoms with E-state index in [0.717, 1.165) is 0 Å². The van der Waals surface area contributed by atoms with Crippen LogP contribution in [0.5, 0.6) is 0 Å². The van der Waals surface area contributed by atoms with Gasteiger partial charge in [-0.15, -0.1) is 0 Å². The fourth-order valence-corrected chi connectivity index (χ4v) is 1.90. The molecule has 2 rings (SSSR count).